The molecule has 5 heterocycles. The smallest absolute Gasteiger partial charge is 0.145 e. The van der Waals surface area contributed by atoms with Crippen LogP contribution in [0.3, 0.4) is 0 Å². The van der Waals surface area contributed by atoms with Crippen LogP contribution in [0.1, 0.15) is 95.7 Å². The van der Waals surface area contributed by atoms with E-state index in [1.807, 2.05) is 49.3 Å². The van der Waals surface area contributed by atoms with Gasteiger partial charge in [0.05, 0.1) is 5.69 Å². The van der Waals surface area contributed by atoms with Gasteiger partial charge in [0.15, 0.2) is 0 Å². The van der Waals surface area contributed by atoms with Gasteiger partial charge in [-0.25, -0.2) is 15.0 Å². The van der Waals surface area contributed by atoms with Gasteiger partial charge < -0.3 is 29.4 Å². The molecule has 0 saturated heterocycles. The van der Waals surface area contributed by atoms with Crippen molar-refractivity contribution in [2.75, 3.05) is 29.4 Å². The molecule has 0 aliphatic carbocycles. The zero-order valence-electron chi connectivity index (χ0n) is 48.1. The molecule has 3 radical (unpaired) electrons. The van der Waals surface area contributed by atoms with E-state index < -0.39 is 0 Å². The van der Waals surface area contributed by atoms with Gasteiger partial charge in [-0.3, -0.25) is 0 Å². The quantitative estimate of drug-likeness (QED) is 0.152. The number of fused-ring (bicyclic) bond motifs is 3. The van der Waals surface area contributed by atoms with E-state index in [9.17, 15) is 0 Å². The van der Waals surface area contributed by atoms with Crippen LogP contribution in [0.15, 0.2) is 182 Å². The number of para-hydroxylation sites is 5. The summed E-state index contributed by atoms with van der Waals surface area (Å²) in [7, 11) is 0. The number of anilines is 12. The van der Waals surface area contributed by atoms with Crippen molar-refractivity contribution < 1.29 is 60.3 Å². The van der Waals surface area contributed by atoms with Crippen LogP contribution < -0.4 is 29.4 Å². The Kier molecular flexibility index (Phi) is 19.8. The fraction of sp³-hybridized carbons (Fsp3) is 0.217. The molecular weight excluding hydrogens is 1530 g/mol. The molecule has 12 rings (SSSR count). The number of hydrogen-bond acceptors (Lipinski definition) is 9. The SMILES string of the molecule is Cc1ccccc1N1[CH-]N(c2[c-]ccc(C(C)(C)C)c2)c2ccccc21.Cc1ccccc1N1[CH-]N(c2[c-]ccc(C(C)(C)C)c2)c2cccnc21.Cc1ccccc1N1[CH-]N(c2[c-]ccc(C(C)(C)C)c2)c2nccnc21.[Ir].[Ir].[Ir]. The molecule has 9 aromatic rings. The van der Waals surface area contributed by atoms with Crippen LogP contribution in [0.25, 0.3) is 0 Å². The summed E-state index contributed by atoms with van der Waals surface area (Å²) in [5.41, 5.74) is 17.8. The minimum Gasteiger partial charge on any atom is -0.493 e. The molecule has 12 heteroatoms. The summed E-state index contributed by atoms with van der Waals surface area (Å²) in [5, 5.41) is 0. The number of hydrogen-bond donors (Lipinski definition) is 0. The average Bonchev–Trinajstić information content (AvgIpc) is 4.37. The standard InChI is InChI=1S/C24H24N2.C23H23N3.C22H22N4.3Ir/c1-18-10-5-6-13-21(18)26-17-25(22-14-7-8-15-23(22)26)20-12-9-11-19(16-20)24(2,3)4;1-17-9-5-6-12-20(17)26-16-25(21-13-8-14-24-22(21)26)19-11-7-10-18(15-19)23(2,3)4;1-16-8-5-6-11-19(16)26-15-25(20-21(26)24-13-12-23-20)18-10-7-9-17(14-18)22(2,3)4;;;/h5-11,13-17H,1-4H3;5-10,12-16H,1-4H3;5-9,11-15H,1-4H3;;;/q3*-2;;;. The van der Waals surface area contributed by atoms with E-state index in [4.69, 9.17) is 0 Å². The van der Waals surface area contributed by atoms with E-state index in [-0.39, 0.29) is 76.6 Å². The first-order chi connectivity index (χ1) is 37.3. The number of nitrogens with zero attached hydrogens (tertiary/aromatic N) is 9. The van der Waals surface area contributed by atoms with Gasteiger partial charge in [0.2, 0.25) is 0 Å². The maximum Gasteiger partial charge on any atom is 0.145 e. The van der Waals surface area contributed by atoms with Crippen molar-refractivity contribution in [3.05, 3.63) is 254 Å². The molecule has 0 amide bonds. The number of aromatic nitrogens is 3. The number of aryl methyl sites for hydroxylation is 3. The van der Waals surface area contributed by atoms with Crippen molar-refractivity contribution in [2.24, 2.45) is 0 Å². The largest absolute Gasteiger partial charge is 0.493 e. The molecule has 0 bridgehead atoms. The second kappa shape index (κ2) is 25.8. The summed E-state index contributed by atoms with van der Waals surface area (Å²) in [6.45, 7) is 32.8. The summed E-state index contributed by atoms with van der Waals surface area (Å²) in [6, 6.07) is 67.0. The van der Waals surface area contributed by atoms with E-state index >= 15 is 0 Å². The van der Waals surface area contributed by atoms with E-state index in [2.05, 4.69) is 286 Å². The number of benzene rings is 7. The van der Waals surface area contributed by atoms with Gasteiger partial charge in [-0.15, -0.1) is 55.3 Å². The second-order valence-electron chi connectivity index (χ2n) is 23.1. The molecule has 9 nitrogen and oxygen atoms in total. The fourth-order valence-electron chi connectivity index (χ4n) is 9.78. The van der Waals surface area contributed by atoms with Crippen LogP contribution in [-0.2, 0) is 76.6 Å². The van der Waals surface area contributed by atoms with Gasteiger partial charge in [-0.05, 0) is 96.2 Å². The molecule has 0 saturated carbocycles. The molecule has 81 heavy (non-hydrogen) atoms. The van der Waals surface area contributed by atoms with Gasteiger partial charge in [0.1, 0.15) is 17.5 Å². The zero-order valence-corrected chi connectivity index (χ0v) is 55.3. The third kappa shape index (κ3) is 13.4. The van der Waals surface area contributed by atoms with Crippen molar-refractivity contribution in [3.63, 3.8) is 0 Å². The van der Waals surface area contributed by atoms with Crippen LogP contribution in [0.4, 0.5) is 68.6 Å². The van der Waals surface area contributed by atoms with E-state index in [1.165, 1.54) is 50.4 Å². The predicted octanol–water partition coefficient (Wildman–Crippen LogP) is 17.7. The first-order valence-corrected chi connectivity index (χ1v) is 26.7. The maximum absolute atomic E-state index is 4.64. The average molecular weight is 1600 g/mol. The monoisotopic (exact) mass is 1600 g/mol. The number of rotatable bonds is 6. The van der Waals surface area contributed by atoms with Crippen LogP contribution in [0.5, 0.6) is 0 Å². The van der Waals surface area contributed by atoms with Crippen LogP contribution in [0, 0.1) is 59.0 Å². The Bertz CT molecular complexity index is 3210. The minimum absolute atomic E-state index is 0. The fourth-order valence-corrected chi connectivity index (χ4v) is 9.78. The Hall–Kier alpha value is -6.48. The van der Waals surface area contributed by atoms with Crippen molar-refractivity contribution in [1.29, 1.82) is 0 Å². The van der Waals surface area contributed by atoms with E-state index in [0.717, 1.165) is 51.6 Å². The molecule has 0 N–H and O–H groups in total. The van der Waals surface area contributed by atoms with E-state index in [0.29, 0.717) is 0 Å². The summed E-state index contributed by atoms with van der Waals surface area (Å²) in [5.74, 6) is 2.59. The van der Waals surface area contributed by atoms with Crippen LogP contribution in [0.2, 0.25) is 0 Å². The zero-order chi connectivity index (χ0) is 54.9. The maximum atomic E-state index is 4.64. The van der Waals surface area contributed by atoms with E-state index in [1.54, 1.807) is 12.4 Å². The Labute approximate surface area is 522 Å². The topological polar surface area (TPSA) is 58.1 Å². The summed E-state index contributed by atoms with van der Waals surface area (Å²) < 4.78 is 0. The molecule has 423 valence electrons. The Balaban J connectivity index is 0.000000172. The van der Waals surface area contributed by atoms with Crippen molar-refractivity contribution in [1.82, 2.24) is 15.0 Å². The van der Waals surface area contributed by atoms with Crippen molar-refractivity contribution in [2.45, 2.75) is 99.3 Å². The molecule has 0 atom stereocenters. The van der Waals surface area contributed by atoms with Gasteiger partial charge in [-0.2, -0.15) is 71.3 Å². The second-order valence-corrected chi connectivity index (χ2v) is 23.1. The third-order valence-corrected chi connectivity index (χ3v) is 14.3. The van der Waals surface area contributed by atoms with Crippen molar-refractivity contribution in [3.8, 4) is 0 Å². The minimum atomic E-state index is 0. The Morgan fingerprint density at radius 3 is 1.06 bits per heavy atom. The number of pyridine rings is 1. The summed E-state index contributed by atoms with van der Waals surface area (Å²) >= 11 is 0. The molecular formula is C69H69Ir3N9-6. The third-order valence-electron chi connectivity index (χ3n) is 14.3. The van der Waals surface area contributed by atoms with Gasteiger partial charge in [-0.1, -0.05) is 129 Å². The first-order valence-electron chi connectivity index (χ1n) is 26.7. The summed E-state index contributed by atoms with van der Waals surface area (Å²) in [6.07, 6.45) is 5.31. The molecule has 0 unspecified atom stereocenters. The Morgan fingerprint density at radius 1 is 0.321 bits per heavy atom. The van der Waals surface area contributed by atoms with Gasteiger partial charge >= 0.3 is 0 Å². The molecule has 7 aromatic carbocycles. The summed E-state index contributed by atoms with van der Waals surface area (Å²) in [4.78, 5) is 26.8. The van der Waals surface area contributed by atoms with Gasteiger partial charge in [0, 0.05) is 107 Å². The molecule has 2 aromatic heterocycles. The molecule has 3 aliphatic heterocycles. The molecule has 0 fully saturated rings. The Morgan fingerprint density at radius 2 is 0.630 bits per heavy atom. The van der Waals surface area contributed by atoms with Crippen molar-refractivity contribution >= 4 is 68.6 Å². The van der Waals surface area contributed by atoms with Crippen LogP contribution >= 0.6 is 0 Å². The van der Waals surface area contributed by atoms with Gasteiger partial charge in [0.25, 0.3) is 0 Å². The predicted molar refractivity (Wildman–Crippen MR) is 324 cm³/mol. The normalized spacial score (nSPS) is 13.3. The van der Waals surface area contributed by atoms with Crippen LogP contribution in [-0.4, -0.2) is 15.0 Å². The molecule has 0 spiro atoms. The first kappa shape index (κ1) is 62.1. The molecule has 3 aliphatic rings.